The maximum Gasteiger partial charge on any atom is 0.318 e. The Bertz CT molecular complexity index is 1910. The van der Waals surface area contributed by atoms with Gasteiger partial charge in [-0.05, 0) is 81.3 Å². The number of likely N-dealkylation sites (tertiary alicyclic amines) is 1. The molecule has 2 aromatic heterocycles. The lowest BCUT2D eigenvalue weighted by Gasteiger charge is -2.34. The highest BCUT2D eigenvalue weighted by molar-refractivity contribution is 7.83. The predicted octanol–water partition coefficient (Wildman–Crippen LogP) is 9.65. The number of halogens is 2. The third-order valence-electron chi connectivity index (χ3n) is 9.65. The fourth-order valence-corrected chi connectivity index (χ4v) is 7.72. The van der Waals surface area contributed by atoms with Gasteiger partial charge < -0.3 is 19.3 Å². The molecule has 0 amide bonds. The molecule has 3 heterocycles. The summed E-state index contributed by atoms with van der Waals surface area (Å²) in [5.41, 5.74) is 1.67. The van der Waals surface area contributed by atoms with Crippen LogP contribution in [0.4, 0.5) is 14.6 Å². The lowest BCUT2D eigenvalue weighted by molar-refractivity contribution is -0.112. The van der Waals surface area contributed by atoms with Gasteiger partial charge in [-0.15, -0.1) is 24.0 Å². The number of carbonyl (C=O) groups excluding carboxylic acids is 1. The van der Waals surface area contributed by atoms with Crippen LogP contribution in [0.3, 0.4) is 0 Å². The minimum atomic E-state index is -0.565. The van der Waals surface area contributed by atoms with E-state index in [0.717, 1.165) is 37.1 Å². The molecule has 0 N–H and O–H groups in total. The molecule has 0 spiro atoms. The number of benzene rings is 2. The predicted molar refractivity (Wildman–Crippen MR) is 213 cm³/mol. The van der Waals surface area contributed by atoms with Crippen molar-refractivity contribution in [2.75, 3.05) is 46.3 Å². The first-order valence-electron chi connectivity index (χ1n) is 17.6. The molecule has 52 heavy (non-hydrogen) atoms. The largest absolute Gasteiger partial charge is 0.467 e. The van der Waals surface area contributed by atoms with Crippen LogP contribution in [0.5, 0.6) is 6.01 Å². The average molecular weight is 754 g/mol. The highest BCUT2D eigenvalue weighted by atomic mass is 32.2. The molecular formula is C40H53F2N5O3S2. The number of hydrogen-bond donors (Lipinski definition) is 1. The molecule has 1 aliphatic rings. The van der Waals surface area contributed by atoms with Crippen molar-refractivity contribution in [1.29, 1.82) is 5.26 Å². The van der Waals surface area contributed by atoms with E-state index in [-0.39, 0.29) is 39.2 Å². The highest BCUT2D eigenvalue weighted by Crippen LogP contribution is 2.44. The zero-order valence-corrected chi connectivity index (χ0v) is 33.9. The average Bonchev–Trinajstić information content (AvgIpc) is 3.71. The Hall–Kier alpha value is -3.63. The molecule has 1 aliphatic heterocycles. The van der Waals surface area contributed by atoms with Gasteiger partial charge >= 0.3 is 6.01 Å². The van der Waals surface area contributed by atoms with Gasteiger partial charge in [0.05, 0.1) is 27.7 Å². The van der Waals surface area contributed by atoms with Gasteiger partial charge in [0.25, 0.3) is 0 Å². The summed E-state index contributed by atoms with van der Waals surface area (Å²) in [5.74, 6) is 0.531. The highest BCUT2D eigenvalue weighted by Gasteiger charge is 2.27. The van der Waals surface area contributed by atoms with Crippen LogP contribution in [-0.4, -0.2) is 74.2 Å². The smallest absolute Gasteiger partial charge is 0.318 e. The molecule has 0 saturated carbocycles. The minimum Gasteiger partial charge on any atom is -0.467 e. The molecule has 3 unspecified atom stereocenters. The van der Waals surface area contributed by atoms with E-state index in [0.29, 0.717) is 49.9 Å². The summed E-state index contributed by atoms with van der Waals surface area (Å²) < 4.78 is 42.5. The molecule has 0 bridgehead atoms. The molecule has 282 valence electrons. The summed E-state index contributed by atoms with van der Waals surface area (Å²) in [4.78, 5) is 23.2. The van der Waals surface area contributed by atoms with Gasteiger partial charge in [0, 0.05) is 49.6 Å². The number of nitrogens with zero attached hydrogens (tertiary/aromatic N) is 5. The monoisotopic (exact) mass is 753 g/mol. The van der Waals surface area contributed by atoms with Crippen molar-refractivity contribution in [3.05, 3.63) is 53.6 Å². The van der Waals surface area contributed by atoms with Crippen LogP contribution in [-0.2, 0) is 9.53 Å². The quantitative estimate of drug-likeness (QED) is 0.120. The first kappa shape index (κ1) is 42.8. The Morgan fingerprint density at radius 3 is 2.42 bits per heavy atom. The van der Waals surface area contributed by atoms with E-state index < -0.39 is 11.6 Å². The number of thiol groups is 1. The summed E-state index contributed by atoms with van der Waals surface area (Å²) in [5, 5.41) is 10.7. The fraction of sp³-hybridized carbons (Fsp3) is 0.500. The normalized spacial score (nSPS) is 15.4. The number of carbonyl (C=O) groups is 1. The number of ketones is 1. The second-order valence-electron chi connectivity index (χ2n) is 13.7. The second-order valence-corrected chi connectivity index (χ2v) is 15.5. The topological polar surface area (TPSA) is 91.6 Å². The number of rotatable bonds is 11. The first-order chi connectivity index (χ1) is 24.6. The van der Waals surface area contributed by atoms with E-state index in [1.165, 1.54) is 45.2 Å². The summed E-state index contributed by atoms with van der Waals surface area (Å²) >= 11 is 5.45. The van der Waals surface area contributed by atoms with Crippen LogP contribution in [0, 0.1) is 41.7 Å². The van der Waals surface area contributed by atoms with Gasteiger partial charge in [-0.3, -0.25) is 4.79 Å². The van der Waals surface area contributed by atoms with Crippen molar-refractivity contribution in [3.63, 3.8) is 0 Å². The Kier molecular flexibility index (Phi) is 16.0. The van der Waals surface area contributed by atoms with Crippen molar-refractivity contribution in [3.8, 4) is 23.2 Å². The maximum absolute atomic E-state index is 16.5. The van der Waals surface area contributed by atoms with Gasteiger partial charge in [-0.1, -0.05) is 46.8 Å². The van der Waals surface area contributed by atoms with E-state index in [4.69, 9.17) is 9.47 Å². The number of hydrogen-bond acceptors (Lipinski definition) is 10. The number of aromatic nitrogens is 2. The molecule has 1 fully saturated rings. The first-order valence-corrected chi connectivity index (χ1v) is 18.9. The number of methoxy groups -OCH3 is 2. The number of aryl methyl sites for hydroxylation is 1. The second kappa shape index (κ2) is 19.4. The number of thiophene rings is 1. The van der Waals surface area contributed by atoms with E-state index >= 15 is 4.39 Å². The Balaban J connectivity index is 0.000000472. The molecule has 1 saturated heterocycles. The number of anilines is 1. The molecule has 0 aliphatic carbocycles. The van der Waals surface area contributed by atoms with Gasteiger partial charge in [-0.2, -0.15) is 15.2 Å². The molecule has 12 heteroatoms. The van der Waals surface area contributed by atoms with Gasteiger partial charge in [-0.25, -0.2) is 8.78 Å². The Morgan fingerprint density at radius 2 is 1.92 bits per heavy atom. The van der Waals surface area contributed by atoms with E-state index in [1.807, 2.05) is 20.0 Å². The van der Waals surface area contributed by atoms with Crippen LogP contribution >= 0.6 is 24.0 Å². The van der Waals surface area contributed by atoms with E-state index in [1.54, 1.807) is 7.11 Å². The summed E-state index contributed by atoms with van der Waals surface area (Å²) in [6.07, 6.45) is 6.16. The molecule has 3 atom stereocenters. The third-order valence-corrected chi connectivity index (χ3v) is 11.1. The van der Waals surface area contributed by atoms with Crippen LogP contribution in [0.15, 0.2) is 35.1 Å². The van der Waals surface area contributed by atoms with Gasteiger partial charge in [0.15, 0.2) is 11.6 Å². The zero-order chi connectivity index (χ0) is 38.9. The lowest BCUT2D eigenvalue weighted by atomic mass is 9.91. The standard InChI is InChI=1S/C30H34F2N4OS2.C6H13NO.C4H6O/c1-8-16(4)9-12-22(15(2)3)36(6)28-19-13-17(5)23(25(32)26(19)34-30(35-28)37-7)18-10-11-21(31)27-24(18)20(14-33)29(38)39-27;1-7-4-3-6(5-7)8-2;1-3-4(2)5/h10-11,13,15-16,22,38H,8-9,12H2,1-7H3;6H,3-5H2,1-2H3;3H,1H2,2H3. The van der Waals surface area contributed by atoms with Crippen molar-refractivity contribution < 1.29 is 23.0 Å². The maximum atomic E-state index is 16.5. The van der Waals surface area contributed by atoms with Gasteiger partial charge in [0.2, 0.25) is 0 Å². The minimum absolute atomic E-state index is 0.0185. The zero-order valence-electron chi connectivity index (χ0n) is 32.1. The summed E-state index contributed by atoms with van der Waals surface area (Å²) in [7, 11) is 7.36. The molecule has 4 aromatic rings. The van der Waals surface area contributed by atoms with Crippen molar-refractivity contribution in [2.45, 2.75) is 83.6 Å². The summed E-state index contributed by atoms with van der Waals surface area (Å²) in [6, 6.07) is 7.06. The number of fused-ring (bicyclic) bond motifs is 2. The number of ether oxygens (including phenoxy) is 2. The van der Waals surface area contributed by atoms with E-state index in [9.17, 15) is 14.4 Å². The van der Waals surface area contributed by atoms with Gasteiger partial charge in [0.1, 0.15) is 23.2 Å². The Labute approximate surface area is 317 Å². The SMILES string of the molecule is C=CC(C)=O.CCC(C)CCC(C(C)C)N(C)c1nc(OC)nc2c(F)c(-c3ccc(F)c4sc(S)c(C#N)c34)c(C)cc12.COC1CCN(C)C1. The van der Waals surface area contributed by atoms with E-state index in [2.05, 4.69) is 79.8 Å². The molecule has 5 rings (SSSR count). The lowest BCUT2D eigenvalue weighted by Crippen LogP contribution is -2.37. The molecule has 2 aromatic carbocycles. The number of nitriles is 1. The number of likely N-dealkylation sites (N-methyl/N-ethyl adjacent to an activating group) is 1. The van der Waals surface area contributed by atoms with Crippen molar-refractivity contribution in [1.82, 2.24) is 14.9 Å². The molecule has 8 nitrogen and oxygen atoms in total. The Morgan fingerprint density at radius 1 is 1.25 bits per heavy atom. The van der Waals surface area contributed by atoms with Crippen LogP contribution in [0.2, 0.25) is 0 Å². The van der Waals surface area contributed by atoms with Crippen LogP contribution in [0.25, 0.3) is 32.1 Å². The van der Waals surface area contributed by atoms with Crippen molar-refractivity contribution >= 4 is 56.6 Å². The molecule has 0 radical (unpaired) electrons. The van der Waals surface area contributed by atoms with Crippen molar-refractivity contribution in [2.24, 2.45) is 11.8 Å². The third kappa shape index (κ3) is 10.1. The summed E-state index contributed by atoms with van der Waals surface area (Å²) in [6.45, 7) is 17.6. The van der Waals surface area contributed by atoms with Crippen LogP contribution in [0.1, 0.15) is 71.4 Å². The fourth-order valence-electron chi connectivity index (χ4n) is 6.36. The van der Waals surface area contributed by atoms with Crippen LogP contribution < -0.4 is 9.64 Å². The molecular weight excluding hydrogens is 701 g/mol. The number of allylic oxidation sites excluding steroid dienone is 1.